The van der Waals surface area contributed by atoms with Crippen LogP contribution in [0.25, 0.3) is 0 Å². The third-order valence-corrected chi connectivity index (χ3v) is 4.81. The molecule has 1 amide bonds. The molecule has 1 atom stereocenters. The number of rotatable bonds is 4. The Kier molecular flexibility index (Phi) is 4.82. The number of benzene rings is 2. The van der Waals surface area contributed by atoms with Crippen molar-refractivity contribution in [2.24, 2.45) is 0 Å². The zero-order valence-corrected chi connectivity index (χ0v) is 14.1. The fourth-order valence-electron chi connectivity index (χ4n) is 2.29. The molecule has 0 aliphatic carbocycles. The summed E-state index contributed by atoms with van der Waals surface area (Å²) in [6.45, 7) is 0.132. The Hall–Kier alpha value is -1.99. The molecule has 0 aromatic heterocycles. The van der Waals surface area contributed by atoms with Crippen LogP contribution in [-0.4, -0.2) is 24.9 Å². The second-order valence-corrected chi connectivity index (χ2v) is 6.70. The second kappa shape index (κ2) is 6.86. The molecule has 0 bridgehead atoms. The van der Waals surface area contributed by atoms with Crippen LogP contribution < -0.4 is 15.4 Å². The Morgan fingerprint density at radius 2 is 2.17 bits per heavy atom. The van der Waals surface area contributed by atoms with Gasteiger partial charge in [-0.3, -0.25) is 4.79 Å². The van der Waals surface area contributed by atoms with Gasteiger partial charge < -0.3 is 15.4 Å². The Morgan fingerprint density at radius 3 is 2.92 bits per heavy atom. The molecular weight excluding hydrogens is 358 g/mol. The van der Waals surface area contributed by atoms with Crippen LogP contribution in [0.15, 0.2) is 35.2 Å². The number of fused-ring (bicyclic) bond motifs is 1. The van der Waals surface area contributed by atoms with Crippen LogP contribution in [0.3, 0.4) is 0 Å². The quantitative estimate of drug-likeness (QED) is 0.857. The van der Waals surface area contributed by atoms with Crippen molar-refractivity contribution in [2.75, 3.05) is 19.0 Å². The van der Waals surface area contributed by atoms with Gasteiger partial charge in [0.1, 0.15) is 23.4 Å². The minimum atomic E-state index is -1.02. The van der Waals surface area contributed by atoms with E-state index in [1.165, 1.54) is 24.9 Å². The van der Waals surface area contributed by atoms with Crippen LogP contribution >= 0.6 is 23.4 Å². The van der Waals surface area contributed by atoms with Gasteiger partial charge in [0.25, 0.3) is 5.91 Å². The third-order valence-electron chi connectivity index (χ3n) is 3.43. The summed E-state index contributed by atoms with van der Waals surface area (Å²) in [5.74, 6) is -2.97. The molecule has 24 heavy (non-hydrogen) atoms. The van der Waals surface area contributed by atoms with Crippen molar-refractivity contribution in [1.82, 2.24) is 5.32 Å². The highest BCUT2D eigenvalue weighted by Gasteiger charge is 2.24. The Labute approximate surface area is 146 Å². The van der Waals surface area contributed by atoms with Crippen LogP contribution in [0.5, 0.6) is 5.75 Å². The van der Waals surface area contributed by atoms with Gasteiger partial charge >= 0.3 is 0 Å². The molecule has 2 N–H and O–H groups in total. The van der Waals surface area contributed by atoms with Gasteiger partial charge in [0.2, 0.25) is 0 Å². The van der Waals surface area contributed by atoms with Crippen LogP contribution in [0.1, 0.15) is 10.4 Å². The van der Waals surface area contributed by atoms with E-state index in [2.05, 4.69) is 10.6 Å². The normalized spacial score (nSPS) is 15.6. The monoisotopic (exact) mass is 370 g/mol. The van der Waals surface area contributed by atoms with E-state index < -0.39 is 23.1 Å². The van der Waals surface area contributed by atoms with Gasteiger partial charge in [0.05, 0.1) is 5.69 Å². The summed E-state index contributed by atoms with van der Waals surface area (Å²) in [5, 5.41) is 5.87. The van der Waals surface area contributed by atoms with E-state index in [9.17, 15) is 13.6 Å². The molecule has 1 heterocycles. The molecular formula is C16H13ClF2N2O2S. The SMILES string of the molecule is CNC(=O)c1c(F)ccc(OCC2Nc3cc(Cl)ccc3S2)c1F. The molecule has 0 saturated heterocycles. The van der Waals surface area contributed by atoms with Gasteiger partial charge in [0, 0.05) is 17.0 Å². The topological polar surface area (TPSA) is 50.4 Å². The first-order valence-corrected chi connectivity index (χ1v) is 8.31. The minimum Gasteiger partial charge on any atom is -0.487 e. The average molecular weight is 371 g/mol. The maximum absolute atomic E-state index is 14.3. The van der Waals surface area contributed by atoms with Gasteiger partial charge in [-0.2, -0.15) is 0 Å². The highest BCUT2D eigenvalue weighted by molar-refractivity contribution is 8.00. The predicted octanol–water partition coefficient (Wildman–Crippen LogP) is 3.90. The fourth-order valence-corrected chi connectivity index (χ4v) is 3.49. The fraction of sp³-hybridized carbons (Fsp3) is 0.188. The zero-order valence-electron chi connectivity index (χ0n) is 12.5. The van der Waals surface area contributed by atoms with Gasteiger partial charge in [-0.05, 0) is 30.3 Å². The molecule has 2 aromatic carbocycles. The van der Waals surface area contributed by atoms with Gasteiger partial charge in [-0.25, -0.2) is 8.78 Å². The average Bonchev–Trinajstić information content (AvgIpc) is 2.95. The van der Waals surface area contributed by atoms with Crippen molar-refractivity contribution in [3.05, 3.63) is 52.6 Å². The number of amides is 1. The van der Waals surface area contributed by atoms with Crippen LogP contribution in [0.2, 0.25) is 5.02 Å². The molecule has 8 heteroatoms. The number of ether oxygens (including phenoxy) is 1. The number of thioether (sulfide) groups is 1. The zero-order chi connectivity index (χ0) is 17.3. The van der Waals surface area contributed by atoms with E-state index in [1.54, 1.807) is 12.1 Å². The lowest BCUT2D eigenvalue weighted by Crippen LogP contribution is -2.23. The third kappa shape index (κ3) is 3.27. The van der Waals surface area contributed by atoms with E-state index >= 15 is 0 Å². The summed E-state index contributed by atoms with van der Waals surface area (Å²) in [6.07, 6.45) is 0. The largest absolute Gasteiger partial charge is 0.487 e. The highest BCUT2D eigenvalue weighted by atomic mass is 35.5. The van der Waals surface area contributed by atoms with Crippen molar-refractivity contribution in [3.63, 3.8) is 0 Å². The minimum absolute atomic E-state index is 0.132. The smallest absolute Gasteiger partial charge is 0.257 e. The number of anilines is 1. The lowest BCUT2D eigenvalue weighted by Gasteiger charge is -2.14. The summed E-state index contributed by atoms with van der Waals surface area (Å²) >= 11 is 7.45. The molecule has 0 fully saturated rings. The van der Waals surface area contributed by atoms with Crippen LogP contribution in [-0.2, 0) is 0 Å². The first-order chi connectivity index (χ1) is 11.5. The van der Waals surface area contributed by atoms with Crippen molar-refractivity contribution in [2.45, 2.75) is 10.3 Å². The number of carbonyl (C=O) groups is 1. The molecule has 126 valence electrons. The van der Waals surface area contributed by atoms with Crippen LogP contribution in [0, 0.1) is 11.6 Å². The van der Waals surface area contributed by atoms with Crippen molar-refractivity contribution in [1.29, 1.82) is 0 Å². The predicted molar refractivity (Wildman–Crippen MR) is 90.0 cm³/mol. The maximum atomic E-state index is 14.3. The molecule has 0 saturated carbocycles. The molecule has 0 radical (unpaired) electrons. The number of hydrogen-bond donors (Lipinski definition) is 2. The standard InChI is InChI=1S/C16H13ClF2N2O2S/c1-20-16(22)14-9(18)3-4-11(15(14)19)23-7-13-21-10-6-8(17)2-5-12(10)24-13/h2-6,13,21H,7H2,1H3,(H,20,22). The molecule has 3 rings (SSSR count). The van der Waals surface area contributed by atoms with E-state index in [4.69, 9.17) is 16.3 Å². The van der Waals surface area contributed by atoms with Gasteiger partial charge in [-0.1, -0.05) is 23.4 Å². The van der Waals surface area contributed by atoms with Crippen molar-refractivity contribution < 1.29 is 18.3 Å². The number of nitrogens with one attached hydrogen (secondary N) is 2. The van der Waals surface area contributed by atoms with E-state index in [0.29, 0.717) is 5.02 Å². The summed E-state index contributed by atoms with van der Waals surface area (Å²) < 4.78 is 33.4. The Morgan fingerprint density at radius 1 is 1.38 bits per heavy atom. The van der Waals surface area contributed by atoms with Crippen LogP contribution in [0.4, 0.5) is 14.5 Å². The summed E-state index contributed by atoms with van der Waals surface area (Å²) in [5.41, 5.74) is 0.226. The van der Waals surface area contributed by atoms with Gasteiger partial charge in [0.15, 0.2) is 11.6 Å². The first kappa shape index (κ1) is 16.9. The van der Waals surface area contributed by atoms with Crippen molar-refractivity contribution in [3.8, 4) is 5.75 Å². The molecule has 1 aliphatic rings. The molecule has 1 unspecified atom stereocenters. The van der Waals surface area contributed by atoms with Crippen molar-refractivity contribution >= 4 is 35.0 Å². The summed E-state index contributed by atoms with van der Waals surface area (Å²) in [7, 11) is 1.30. The molecule has 2 aromatic rings. The highest BCUT2D eigenvalue weighted by Crippen LogP contribution is 2.40. The molecule has 0 spiro atoms. The summed E-state index contributed by atoms with van der Waals surface area (Å²) in [4.78, 5) is 12.6. The lowest BCUT2D eigenvalue weighted by molar-refractivity contribution is 0.0953. The lowest BCUT2D eigenvalue weighted by atomic mass is 10.1. The second-order valence-electron chi connectivity index (χ2n) is 5.02. The van der Waals surface area contributed by atoms with E-state index in [1.807, 2.05) is 6.07 Å². The van der Waals surface area contributed by atoms with E-state index in [-0.39, 0.29) is 17.7 Å². The maximum Gasteiger partial charge on any atom is 0.257 e. The van der Waals surface area contributed by atoms with E-state index in [0.717, 1.165) is 16.6 Å². The first-order valence-electron chi connectivity index (χ1n) is 7.05. The Bertz CT molecular complexity index is 804. The molecule has 1 aliphatic heterocycles. The number of halogens is 3. The number of hydrogen-bond acceptors (Lipinski definition) is 4. The molecule has 4 nitrogen and oxygen atoms in total. The summed E-state index contributed by atoms with van der Waals surface area (Å²) in [6, 6.07) is 7.64. The van der Waals surface area contributed by atoms with Gasteiger partial charge in [-0.15, -0.1) is 0 Å². The Balaban J connectivity index is 1.71. The number of carbonyl (C=O) groups excluding carboxylic acids is 1.